The minimum Gasteiger partial charge on any atom is -0.445 e. The summed E-state index contributed by atoms with van der Waals surface area (Å²) in [5, 5.41) is 23.5. The van der Waals surface area contributed by atoms with Gasteiger partial charge in [-0.3, -0.25) is 4.79 Å². The average Bonchev–Trinajstić information content (AvgIpc) is 2.72. The Morgan fingerprint density at radius 3 is 2.72 bits per heavy atom. The molecule has 0 radical (unpaired) electrons. The third-order valence-corrected chi connectivity index (χ3v) is 4.48. The van der Waals surface area contributed by atoms with E-state index in [1.54, 1.807) is 19.1 Å². The Morgan fingerprint density at radius 1 is 1.21 bits per heavy atom. The van der Waals surface area contributed by atoms with E-state index in [4.69, 9.17) is 4.74 Å². The van der Waals surface area contributed by atoms with E-state index < -0.39 is 18.3 Å². The summed E-state index contributed by atoms with van der Waals surface area (Å²) < 4.78 is 5.09. The molecule has 0 fully saturated rings. The van der Waals surface area contributed by atoms with Crippen molar-refractivity contribution < 1.29 is 19.7 Å². The first-order valence-electron chi connectivity index (χ1n) is 9.25. The molecule has 0 aliphatic carbocycles. The predicted octanol–water partition coefficient (Wildman–Crippen LogP) is 1.94. The van der Waals surface area contributed by atoms with Gasteiger partial charge in [0.2, 0.25) is 0 Å². The first-order valence-corrected chi connectivity index (χ1v) is 9.25. The fraction of sp³-hybridized carbons (Fsp3) is 0.286. The van der Waals surface area contributed by atoms with Crippen LogP contribution in [0, 0.1) is 6.92 Å². The molecule has 1 amide bonds. The predicted molar refractivity (Wildman–Crippen MR) is 107 cm³/mol. The summed E-state index contributed by atoms with van der Waals surface area (Å²) in [5.74, 6) is 0.501. The highest BCUT2D eigenvalue weighted by molar-refractivity contribution is 5.78. The standard InChI is InChI=1S/C21H23N3O5/c1-13-23-17-8-7-15(11-16(17)20(27)24-13)19(26)18(25)9-10-22-21(28)29-12-14-5-3-2-4-6-14/h2-8,11,18-19,25-26H,9-10,12H2,1H3,(H,22,28)(H,23,24,27). The van der Waals surface area contributed by atoms with Crippen molar-refractivity contribution in [3.63, 3.8) is 0 Å². The van der Waals surface area contributed by atoms with Crippen LogP contribution < -0.4 is 10.9 Å². The maximum Gasteiger partial charge on any atom is 0.407 e. The molecule has 1 heterocycles. The number of rotatable bonds is 7. The number of alkyl carbamates (subject to hydrolysis) is 1. The lowest BCUT2D eigenvalue weighted by Gasteiger charge is -2.18. The molecule has 0 aliphatic heterocycles. The molecule has 8 nitrogen and oxygen atoms in total. The zero-order valence-electron chi connectivity index (χ0n) is 16.0. The van der Waals surface area contributed by atoms with Gasteiger partial charge in [0.25, 0.3) is 5.56 Å². The molecular formula is C21H23N3O5. The molecule has 0 aliphatic rings. The average molecular weight is 397 g/mol. The zero-order chi connectivity index (χ0) is 20.8. The summed E-state index contributed by atoms with van der Waals surface area (Å²) in [4.78, 5) is 30.6. The number of fused-ring (bicyclic) bond motifs is 1. The molecule has 0 spiro atoms. The number of benzene rings is 2. The van der Waals surface area contributed by atoms with Gasteiger partial charge in [-0.05, 0) is 36.6 Å². The van der Waals surface area contributed by atoms with Gasteiger partial charge in [-0.1, -0.05) is 36.4 Å². The van der Waals surface area contributed by atoms with Gasteiger partial charge in [0.15, 0.2) is 0 Å². The fourth-order valence-electron chi connectivity index (χ4n) is 2.93. The summed E-state index contributed by atoms with van der Waals surface area (Å²) in [6.07, 6.45) is -2.82. The second-order valence-electron chi connectivity index (χ2n) is 6.72. The van der Waals surface area contributed by atoms with Crippen LogP contribution in [-0.2, 0) is 11.3 Å². The lowest BCUT2D eigenvalue weighted by Crippen LogP contribution is -2.29. The maximum absolute atomic E-state index is 12.1. The lowest BCUT2D eigenvalue weighted by atomic mass is 10.0. The topological polar surface area (TPSA) is 125 Å². The van der Waals surface area contributed by atoms with Crippen LogP contribution in [0.2, 0.25) is 0 Å². The minimum atomic E-state index is -1.21. The quantitative estimate of drug-likeness (QED) is 0.483. The van der Waals surface area contributed by atoms with Gasteiger partial charge in [0.05, 0.1) is 17.0 Å². The Morgan fingerprint density at radius 2 is 1.97 bits per heavy atom. The number of hydrogen-bond acceptors (Lipinski definition) is 6. The number of hydrogen-bond donors (Lipinski definition) is 4. The van der Waals surface area contributed by atoms with E-state index in [2.05, 4.69) is 15.3 Å². The van der Waals surface area contributed by atoms with Crippen molar-refractivity contribution in [3.05, 3.63) is 75.8 Å². The molecule has 2 atom stereocenters. The van der Waals surface area contributed by atoms with Gasteiger partial charge in [-0.25, -0.2) is 9.78 Å². The molecule has 2 aromatic carbocycles. The van der Waals surface area contributed by atoms with E-state index in [9.17, 15) is 19.8 Å². The van der Waals surface area contributed by atoms with Crippen LogP contribution in [0.15, 0.2) is 53.3 Å². The SMILES string of the molecule is Cc1nc2ccc(C(O)C(O)CCNC(=O)OCc3ccccc3)cc2c(=O)[nH]1. The number of ether oxygens (including phenoxy) is 1. The number of carbonyl (C=O) groups excluding carboxylic acids is 1. The van der Waals surface area contributed by atoms with Crippen molar-refractivity contribution in [2.75, 3.05) is 6.54 Å². The van der Waals surface area contributed by atoms with Crippen molar-refractivity contribution in [1.29, 1.82) is 0 Å². The fourth-order valence-corrected chi connectivity index (χ4v) is 2.93. The molecule has 0 saturated heterocycles. The molecule has 0 saturated carbocycles. The molecular weight excluding hydrogens is 374 g/mol. The van der Waals surface area contributed by atoms with E-state index in [1.165, 1.54) is 6.07 Å². The van der Waals surface area contributed by atoms with Gasteiger partial charge >= 0.3 is 6.09 Å². The number of nitrogens with one attached hydrogen (secondary N) is 2. The number of aromatic amines is 1. The van der Waals surface area contributed by atoms with E-state index in [0.717, 1.165) is 5.56 Å². The molecule has 3 rings (SSSR count). The smallest absolute Gasteiger partial charge is 0.407 e. The number of aryl methyl sites for hydroxylation is 1. The number of amides is 1. The van der Waals surface area contributed by atoms with Crippen molar-refractivity contribution in [2.45, 2.75) is 32.2 Å². The second kappa shape index (κ2) is 9.31. The number of aliphatic hydroxyl groups is 2. The molecule has 152 valence electrons. The molecule has 8 heteroatoms. The highest BCUT2D eigenvalue weighted by Crippen LogP contribution is 2.21. The summed E-state index contributed by atoms with van der Waals surface area (Å²) in [6, 6.07) is 14.0. The van der Waals surface area contributed by atoms with Gasteiger partial charge in [-0.2, -0.15) is 0 Å². The third-order valence-electron chi connectivity index (χ3n) is 4.48. The van der Waals surface area contributed by atoms with Crippen LogP contribution in [0.1, 0.15) is 29.5 Å². The second-order valence-corrected chi connectivity index (χ2v) is 6.72. The molecule has 1 aromatic heterocycles. The van der Waals surface area contributed by atoms with Crippen LogP contribution in [0.4, 0.5) is 4.79 Å². The van der Waals surface area contributed by atoms with Crippen LogP contribution in [0.5, 0.6) is 0 Å². The van der Waals surface area contributed by atoms with Gasteiger partial charge < -0.3 is 25.3 Å². The lowest BCUT2D eigenvalue weighted by molar-refractivity contribution is 0.0137. The van der Waals surface area contributed by atoms with Crippen molar-refractivity contribution >= 4 is 17.0 Å². The van der Waals surface area contributed by atoms with E-state index >= 15 is 0 Å². The Kier molecular flexibility index (Phi) is 6.58. The van der Waals surface area contributed by atoms with Gasteiger partial charge in [0.1, 0.15) is 18.5 Å². The normalized spacial score (nSPS) is 13.1. The first kappa shape index (κ1) is 20.5. The van der Waals surface area contributed by atoms with E-state index in [-0.39, 0.29) is 25.1 Å². The van der Waals surface area contributed by atoms with Gasteiger partial charge in [-0.15, -0.1) is 0 Å². The first-order chi connectivity index (χ1) is 13.9. The van der Waals surface area contributed by atoms with Crippen LogP contribution in [0.25, 0.3) is 10.9 Å². The van der Waals surface area contributed by atoms with Crippen molar-refractivity contribution in [1.82, 2.24) is 15.3 Å². The molecule has 2 unspecified atom stereocenters. The molecule has 29 heavy (non-hydrogen) atoms. The van der Waals surface area contributed by atoms with Crippen LogP contribution >= 0.6 is 0 Å². The number of aliphatic hydroxyl groups excluding tert-OH is 2. The Labute approximate surface area is 167 Å². The molecule has 3 aromatic rings. The van der Waals surface area contributed by atoms with E-state index in [0.29, 0.717) is 22.3 Å². The van der Waals surface area contributed by atoms with Crippen LogP contribution in [0.3, 0.4) is 0 Å². The van der Waals surface area contributed by atoms with Crippen molar-refractivity contribution in [3.8, 4) is 0 Å². The van der Waals surface area contributed by atoms with E-state index in [1.807, 2.05) is 30.3 Å². The number of aromatic nitrogens is 2. The summed E-state index contributed by atoms with van der Waals surface area (Å²) in [5.41, 5.74) is 1.47. The number of nitrogens with zero attached hydrogens (tertiary/aromatic N) is 1. The summed E-state index contributed by atoms with van der Waals surface area (Å²) in [7, 11) is 0. The van der Waals surface area contributed by atoms with Gasteiger partial charge in [0, 0.05) is 6.54 Å². The summed E-state index contributed by atoms with van der Waals surface area (Å²) in [6.45, 7) is 1.96. The zero-order valence-corrected chi connectivity index (χ0v) is 16.0. The number of carbonyl (C=O) groups is 1. The molecule has 0 bridgehead atoms. The third kappa shape index (κ3) is 5.40. The summed E-state index contributed by atoms with van der Waals surface area (Å²) >= 11 is 0. The Balaban J connectivity index is 1.51. The number of H-pyrrole nitrogens is 1. The van der Waals surface area contributed by atoms with Crippen LogP contribution in [-0.4, -0.2) is 38.9 Å². The minimum absolute atomic E-state index is 0.113. The monoisotopic (exact) mass is 397 g/mol. The highest BCUT2D eigenvalue weighted by atomic mass is 16.5. The van der Waals surface area contributed by atoms with Crippen molar-refractivity contribution in [2.24, 2.45) is 0 Å². The highest BCUT2D eigenvalue weighted by Gasteiger charge is 2.19. The molecule has 4 N–H and O–H groups in total. The Hall–Kier alpha value is -3.23. The largest absolute Gasteiger partial charge is 0.445 e. The maximum atomic E-state index is 12.1. The Bertz CT molecular complexity index is 1040.